The number of hydrogen-bond donors (Lipinski definition) is 1. The van der Waals surface area contributed by atoms with E-state index in [4.69, 9.17) is 9.47 Å². The number of benzene rings is 1. The van der Waals surface area contributed by atoms with Crippen molar-refractivity contribution in [3.63, 3.8) is 0 Å². The number of aromatic nitrogens is 2. The van der Waals surface area contributed by atoms with Crippen LogP contribution in [0.3, 0.4) is 0 Å². The number of nitriles is 1. The molecule has 0 radical (unpaired) electrons. The molecule has 2 aromatic rings. The van der Waals surface area contributed by atoms with Crippen LogP contribution in [0, 0.1) is 34.4 Å². The summed E-state index contributed by atoms with van der Waals surface area (Å²) in [6, 6.07) is 9.44. The highest BCUT2D eigenvalue weighted by molar-refractivity contribution is 5.86. The first-order valence-corrected chi connectivity index (χ1v) is 13.6. The van der Waals surface area contributed by atoms with Crippen LogP contribution in [-0.2, 0) is 4.74 Å². The zero-order valence-corrected chi connectivity index (χ0v) is 21.6. The van der Waals surface area contributed by atoms with Crippen LogP contribution >= 0.6 is 0 Å². The largest absolute Gasteiger partial charge is 0.446 e. The standard InChI is InChI=1S/C30H28FN5O3/c1-17(18-6-7-18)38-29(37)35-25-9-8-19(12-24(25)31)27-23(16-32)30-15-20(30)13-22(39-28-33-10-3-11-34-28)14-26(30)36(27)21-4-2-5-21/h3,8-14,17-18,20-21H,2,4-7,15H2,1H3,(H,35,37)/t17-,20?,30?/m1/s1. The van der Waals surface area contributed by atoms with Gasteiger partial charge < -0.3 is 14.4 Å². The van der Waals surface area contributed by atoms with Gasteiger partial charge in [0.1, 0.15) is 17.7 Å². The van der Waals surface area contributed by atoms with Crippen molar-refractivity contribution in [3.8, 4) is 12.1 Å². The van der Waals surface area contributed by atoms with E-state index in [1.807, 2.05) is 19.1 Å². The van der Waals surface area contributed by atoms with E-state index in [1.165, 1.54) is 6.07 Å². The number of nitrogens with zero attached hydrogens (tertiary/aromatic N) is 4. The highest BCUT2D eigenvalue weighted by Crippen LogP contribution is 2.71. The third-order valence-corrected chi connectivity index (χ3v) is 8.66. The molecule has 3 fully saturated rings. The summed E-state index contributed by atoms with van der Waals surface area (Å²) in [5.41, 5.74) is 2.69. The number of rotatable bonds is 7. The molecule has 0 bridgehead atoms. The molecule has 8 nitrogen and oxygen atoms in total. The molecule has 3 saturated carbocycles. The first-order chi connectivity index (χ1) is 19.0. The van der Waals surface area contributed by atoms with Crippen molar-refractivity contribution in [2.75, 3.05) is 5.32 Å². The Morgan fingerprint density at radius 1 is 1.26 bits per heavy atom. The molecular weight excluding hydrogens is 497 g/mol. The molecule has 198 valence electrons. The van der Waals surface area contributed by atoms with Gasteiger partial charge in [-0.25, -0.2) is 19.2 Å². The molecule has 4 aliphatic carbocycles. The second kappa shape index (κ2) is 8.94. The minimum Gasteiger partial charge on any atom is -0.446 e. The molecular formula is C30H28FN5O3. The van der Waals surface area contributed by atoms with Gasteiger partial charge in [-0.05, 0) is 81.6 Å². The number of allylic oxidation sites excluding steroid dienone is 3. The fourth-order valence-electron chi connectivity index (χ4n) is 6.15. The predicted molar refractivity (Wildman–Crippen MR) is 140 cm³/mol. The molecule has 1 spiro atoms. The number of ether oxygens (including phenoxy) is 2. The monoisotopic (exact) mass is 525 g/mol. The molecule has 2 heterocycles. The van der Waals surface area contributed by atoms with Crippen molar-refractivity contribution >= 4 is 17.5 Å². The summed E-state index contributed by atoms with van der Waals surface area (Å²) in [4.78, 5) is 22.9. The fraction of sp³-hybridized carbons (Fsp3) is 0.400. The number of carbonyl (C=O) groups excluding carboxylic acids is 1. The third kappa shape index (κ3) is 3.97. The third-order valence-electron chi connectivity index (χ3n) is 8.66. The van der Waals surface area contributed by atoms with Crippen molar-refractivity contribution in [2.45, 2.75) is 57.6 Å². The second-order valence-corrected chi connectivity index (χ2v) is 11.1. The molecule has 1 N–H and O–H groups in total. The van der Waals surface area contributed by atoms with Gasteiger partial charge in [-0.15, -0.1) is 0 Å². The molecule has 5 aliphatic rings. The van der Waals surface area contributed by atoms with Crippen LogP contribution in [0.25, 0.3) is 5.70 Å². The van der Waals surface area contributed by atoms with Gasteiger partial charge in [-0.2, -0.15) is 5.26 Å². The van der Waals surface area contributed by atoms with Gasteiger partial charge in [-0.1, -0.05) is 6.07 Å². The molecule has 0 saturated heterocycles. The second-order valence-electron chi connectivity index (χ2n) is 11.1. The summed E-state index contributed by atoms with van der Waals surface area (Å²) < 4.78 is 26.7. The summed E-state index contributed by atoms with van der Waals surface area (Å²) in [5, 5.41) is 12.9. The minimum atomic E-state index is -0.660. The Morgan fingerprint density at radius 2 is 2.05 bits per heavy atom. The lowest BCUT2D eigenvalue weighted by Gasteiger charge is -2.40. The Balaban J connectivity index is 1.20. The van der Waals surface area contributed by atoms with Crippen molar-refractivity contribution < 1.29 is 18.7 Å². The predicted octanol–water partition coefficient (Wildman–Crippen LogP) is 5.93. The zero-order valence-electron chi connectivity index (χ0n) is 21.6. The van der Waals surface area contributed by atoms with E-state index in [1.54, 1.807) is 30.6 Å². The summed E-state index contributed by atoms with van der Waals surface area (Å²) in [6.07, 6.45) is 12.4. The maximum absolute atomic E-state index is 15.4. The zero-order chi connectivity index (χ0) is 26.7. The number of nitrogens with one attached hydrogen (secondary N) is 1. The topological polar surface area (TPSA) is 100 Å². The van der Waals surface area contributed by atoms with E-state index in [0.29, 0.717) is 22.8 Å². The van der Waals surface area contributed by atoms with Crippen LogP contribution < -0.4 is 10.1 Å². The Bertz CT molecular complexity index is 1490. The molecule has 39 heavy (non-hydrogen) atoms. The Labute approximate surface area is 225 Å². The van der Waals surface area contributed by atoms with Crippen LogP contribution in [0.4, 0.5) is 14.9 Å². The highest BCUT2D eigenvalue weighted by atomic mass is 19.1. The number of halogens is 1. The van der Waals surface area contributed by atoms with Crippen LogP contribution in [0.1, 0.15) is 51.0 Å². The molecule has 9 heteroatoms. The van der Waals surface area contributed by atoms with E-state index in [0.717, 1.165) is 49.9 Å². The summed E-state index contributed by atoms with van der Waals surface area (Å²) in [6.45, 7) is 1.86. The lowest BCUT2D eigenvalue weighted by Crippen LogP contribution is -2.38. The normalized spacial score (nSPS) is 25.9. The Kier molecular flexibility index (Phi) is 5.48. The first kappa shape index (κ1) is 23.9. The van der Waals surface area contributed by atoms with Crippen molar-refractivity contribution in [1.82, 2.24) is 14.9 Å². The minimum absolute atomic E-state index is 0.0540. The number of hydrogen-bond acceptors (Lipinski definition) is 7. The Morgan fingerprint density at radius 3 is 2.72 bits per heavy atom. The lowest BCUT2D eigenvalue weighted by molar-refractivity contribution is 0.108. The quantitative estimate of drug-likeness (QED) is 0.478. The van der Waals surface area contributed by atoms with Gasteiger partial charge >= 0.3 is 12.1 Å². The number of amides is 1. The van der Waals surface area contributed by atoms with Crippen LogP contribution in [-0.4, -0.2) is 33.1 Å². The molecule has 1 aliphatic heterocycles. The average Bonchev–Trinajstić information content (AvgIpc) is 3.81. The SMILES string of the molecule is C[C@@H](OC(=O)Nc1ccc(C2=C(C#N)C34CC3C=C(Oc3ncccn3)C=C4N2C2CCC2)cc1F)C1CC1. The van der Waals surface area contributed by atoms with Crippen LogP contribution in [0.2, 0.25) is 0 Å². The van der Waals surface area contributed by atoms with Gasteiger partial charge in [-0.3, -0.25) is 5.32 Å². The van der Waals surface area contributed by atoms with E-state index in [-0.39, 0.29) is 29.8 Å². The number of carbonyl (C=O) groups is 1. The molecule has 7 rings (SSSR count). The smallest absolute Gasteiger partial charge is 0.411 e. The summed E-state index contributed by atoms with van der Waals surface area (Å²) in [5.74, 6) is 0.587. The first-order valence-electron chi connectivity index (χ1n) is 13.6. The summed E-state index contributed by atoms with van der Waals surface area (Å²) in [7, 11) is 0. The molecule has 1 aromatic carbocycles. The van der Waals surface area contributed by atoms with Gasteiger partial charge in [0.25, 0.3) is 0 Å². The molecule has 1 amide bonds. The fourth-order valence-corrected chi connectivity index (χ4v) is 6.15. The highest BCUT2D eigenvalue weighted by Gasteiger charge is 2.67. The van der Waals surface area contributed by atoms with E-state index in [9.17, 15) is 10.1 Å². The van der Waals surface area contributed by atoms with Crippen molar-refractivity contribution in [3.05, 3.63) is 77.2 Å². The Hall–Kier alpha value is -4.19. The number of anilines is 1. The van der Waals surface area contributed by atoms with Crippen LogP contribution in [0.5, 0.6) is 6.01 Å². The van der Waals surface area contributed by atoms with E-state index < -0.39 is 17.3 Å². The van der Waals surface area contributed by atoms with E-state index >= 15 is 4.39 Å². The summed E-state index contributed by atoms with van der Waals surface area (Å²) >= 11 is 0. The molecule has 3 atom stereocenters. The van der Waals surface area contributed by atoms with Gasteiger partial charge in [0.2, 0.25) is 0 Å². The maximum atomic E-state index is 15.4. The molecule has 1 aromatic heterocycles. The molecule has 2 unspecified atom stereocenters. The van der Waals surface area contributed by atoms with Crippen molar-refractivity contribution in [2.24, 2.45) is 17.3 Å². The van der Waals surface area contributed by atoms with Gasteiger partial charge in [0.15, 0.2) is 0 Å². The lowest BCUT2D eigenvalue weighted by atomic mass is 9.87. The van der Waals surface area contributed by atoms with Gasteiger partial charge in [0, 0.05) is 35.8 Å². The maximum Gasteiger partial charge on any atom is 0.411 e. The van der Waals surface area contributed by atoms with Crippen LogP contribution in [0.15, 0.2) is 65.8 Å². The van der Waals surface area contributed by atoms with Gasteiger partial charge in [0.05, 0.1) is 28.4 Å². The van der Waals surface area contributed by atoms with Crippen molar-refractivity contribution in [1.29, 1.82) is 5.26 Å². The van der Waals surface area contributed by atoms with E-state index in [2.05, 4.69) is 26.3 Å². The average molecular weight is 526 g/mol.